The van der Waals surface area contributed by atoms with Gasteiger partial charge in [-0.1, -0.05) is 23.7 Å². The maximum atomic E-state index is 13.6. The molecule has 2 aromatic rings. The Morgan fingerprint density at radius 3 is 2.41 bits per heavy atom. The fraction of sp³-hybridized carbons (Fsp3) is 0.478. The fourth-order valence-corrected chi connectivity index (χ4v) is 4.72. The Kier molecular flexibility index (Phi) is 6.78. The SMILES string of the molecule is O=[N+]([O-])c1cc(F)ccc1C1(CCCN2CCC(O)(c3ccc(Cl)cc3)CC2)OCCO1. The van der Waals surface area contributed by atoms with Crippen molar-refractivity contribution in [3.63, 3.8) is 0 Å². The van der Waals surface area contributed by atoms with Crippen LogP contribution in [0.4, 0.5) is 10.1 Å². The van der Waals surface area contributed by atoms with Crippen molar-refractivity contribution in [2.24, 2.45) is 0 Å². The van der Waals surface area contributed by atoms with Crippen LogP contribution in [-0.4, -0.2) is 47.8 Å². The molecule has 32 heavy (non-hydrogen) atoms. The van der Waals surface area contributed by atoms with Gasteiger partial charge in [-0.05, 0) is 55.6 Å². The molecule has 2 aliphatic heterocycles. The summed E-state index contributed by atoms with van der Waals surface area (Å²) in [6.45, 7) is 2.84. The van der Waals surface area contributed by atoms with Crippen LogP contribution in [0.2, 0.25) is 5.02 Å². The third-order valence-electron chi connectivity index (χ3n) is 6.37. The number of likely N-dealkylation sites (tertiary alicyclic amines) is 1. The molecule has 0 bridgehead atoms. The third-order valence-corrected chi connectivity index (χ3v) is 6.62. The molecule has 2 aromatic carbocycles. The Hall–Kier alpha value is -2.10. The van der Waals surface area contributed by atoms with Gasteiger partial charge in [0.15, 0.2) is 0 Å². The predicted octanol–water partition coefficient (Wildman–Crippen LogP) is 4.35. The number of rotatable bonds is 7. The zero-order valence-electron chi connectivity index (χ0n) is 17.6. The smallest absolute Gasteiger partial charge is 0.280 e. The molecule has 172 valence electrons. The highest BCUT2D eigenvalue weighted by molar-refractivity contribution is 6.30. The summed E-state index contributed by atoms with van der Waals surface area (Å²) in [7, 11) is 0. The number of halogens is 2. The van der Waals surface area contributed by atoms with E-state index >= 15 is 0 Å². The summed E-state index contributed by atoms with van der Waals surface area (Å²) in [4.78, 5) is 13.1. The lowest BCUT2D eigenvalue weighted by atomic mass is 9.84. The number of nitrogens with zero attached hydrogens (tertiary/aromatic N) is 2. The van der Waals surface area contributed by atoms with E-state index in [2.05, 4.69) is 4.90 Å². The number of hydrogen-bond acceptors (Lipinski definition) is 6. The monoisotopic (exact) mass is 464 g/mol. The number of piperidine rings is 1. The molecule has 4 rings (SSSR count). The van der Waals surface area contributed by atoms with Crippen LogP contribution in [0.15, 0.2) is 42.5 Å². The first kappa shape index (κ1) is 23.1. The second-order valence-corrected chi connectivity index (χ2v) is 8.79. The van der Waals surface area contributed by atoms with Gasteiger partial charge in [0, 0.05) is 24.5 Å². The van der Waals surface area contributed by atoms with E-state index in [1.807, 2.05) is 12.1 Å². The van der Waals surface area contributed by atoms with Gasteiger partial charge in [-0.25, -0.2) is 4.39 Å². The highest BCUT2D eigenvalue weighted by atomic mass is 35.5. The molecule has 0 unspecified atom stereocenters. The van der Waals surface area contributed by atoms with Gasteiger partial charge in [-0.15, -0.1) is 0 Å². The van der Waals surface area contributed by atoms with Crippen LogP contribution in [0.1, 0.15) is 36.8 Å². The Morgan fingerprint density at radius 1 is 1.12 bits per heavy atom. The van der Waals surface area contributed by atoms with E-state index in [1.165, 1.54) is 12.1 Å². The molecule has 0 radical (unpaired) electrons. The van der Waals surface area contributed by atoms with Gasteiger partial charge >= 0.3 is 0 Å². The molecule has 2 heterocycles. The van der Waals surface area contributed by atoms with Crippen LogP contribution < -0.4 is 0 Å². The highest BCUT2D eigenvalue weighted by Gasteiger charge is 2.43. The Balaban J connectivity index is 1.37. The predicted molar refractivity (Wildman–Crippen MR) is 117 cm³/mol. The molecule has 2 fully saturated rings. The minimum atomic E-state index is -1.24. The quantitative estimate of drug-likeness (QED) is 0.484. The first-order chi connectivity index (χ1) is 15.3. The van der Waals surface area contributed by atoms with Crippen molar-refractivity contribution < 1.29 is 23.9 Å². The minimum absolute atomic E-state index is 0.247. The molecule has 0 amide bonds. The second kappa shape index (κ2) is 9.41. The van der Waals surface area contributed by atoms with E-state index in [9.17, 15) is 19.6 Å². The third kappa shape index (κ3) is 4.79. The van der Waals surface area contributed by atoms with Crippen molar-refractivity contribution in [2.75, 3.05) is 32.8 Å². The van der Waals surface area contributed by atoms with Crippen LogP contribution in [0.3, 0.4) is 0 Å². The van der Waals surface area contributed by atoms with Gasteiger partial charge in [0.2, 0.25) is 5.79 Å². The molecule has 0 saturated carbocycles. The van der Waals surface area contributed by atoms with Gasteiger partial charge in [0.25, 0.3) is 5.69 Å². The number of hydrogen-bond donors (Lipinski definition) is 1. The summed E-state index contributed by atoms with van der Waals surface area (Å²) in [6.07, 6.45) is 2.30. The van der Waals surface area contributed by atoms with Gasteiger partial charge in [0.05, 0.1) is 35.4 Å². The molecule has 9 heteroatoms. The molecule has 7 nitrogen and oxygen atoms in total. The molecular formula is C23H26ClFN2O5. The lowest BCUT2D eigenvalue weighted by Crippen LogP contribution is -2.43. The van der Waals surface area contributed by atoms with Crippen LogP contribution >= 0.6 is 11.6 Å². The summed E-state index contributed by atoms with van der Waals surface area (Å²) in [5, 5.41) is 23.2. The number of benzene rings is 2. The molecule has 0 atom stereocenters. The standard InChI is InChI=1S/C23H26ClFN2O5/c24-18-4-2-17(3-5-18)22(28)9-12-26(13-10-22)11-1-8-23(31-14-15-32-23)20-7-6-19(25)16-21(20)27(29)30/h2-7,16,28H,1,8-15H2. The summed E-state index contributed by atoms with van der Waals surface area (Å²) in [5.41, 5.74) is -0.0822. The summed E-state index contributed by atoms with van der Waals surface area (Å²) < 4.78 is 25.3. The van der Waals surface area contributed by atoms with Crippen molar-refractivity contribution in [3.8, 4) is 0 Å². The van der Waals surface area contributed by atoms with E-state index in [1.54, 1.807) is 12.1 Å². The maximum Gasteiger partial charge on any atom is 0.280 e. The zero-order chi connectivity index (χ0) is 22.8. The van der Waals surface area contributed by atoms with Crippen LogP contribution in [-0.2, 0) is 20.9 Å². The fourth-order valence-electron chi connectivity index (χ4n) is 4.60. The summed E-state index contributed by atoms with van der Waals surface area (Å²) >= 11 is 5.95. The summed E-state index contributed by atoms with van der Waals surface area (Å²) in [6, 6.07) is 10.8. The number of nitro groups is 1. The summed E-state index contributed by atoms with van der Waals surface area (Å²) in [5.74, 6) is -1.91. The highest BCUT2D eigenvalue weighted by Crippen LogP contribution is 2.41. The molecular weight excluding hydrogens is 439 g/mol. The molecule has 2 aliphatic rings. The first-order valence-corrected chi connectivity index (χ1v) is 11.1. The average Bonchev–Trinajstić information content (AvgIpc) is 3.25. The largest absolute Gasteiger partial charge is 0.385 e. The van der Waals surface area contributed by atoms with Crippen molar-refractivity contribution >= 4 is 17.3 Å². The lowest BCUT2D eigenvalue weighted by molar-refractivity contribution is -0.388. The van der Waals surface area contributed by atoms with Crippen molar-refractivity contribution in [2.45, 2.75) is 37.1 Å². The van der Waals surface area contributed by atoms with Crippen molar-refractivity contribution in [3.05, 3.63) is 74.5 Å². The Bertz CT molecular complexity index is 957. The Labute approximate surface area is 190 Å². The molecule has 2 saturated heterocycles. The number of ether oxygens (including phenoxy) is 2. The number of nitro benzene ring substituents is 1. The van der Waals surface area contributed by atoms with Crippen molar-refractivity contribution in [1.82, 2.24) is 4.90 Å². The first-order valence-electron chi connectivity index (χ1n) is 10.7. The number of aliphatic hydroxyl groups is 1. The van der Waals surface area contributed by atoms with Crippen LogP contribution in [0, 0.1) is 15.9 Å². The second-order valence-electron chi connectivity index (χ2n) is 8.35. The minimum Gasteiger partial charge on any atom is -0.385 e. The lowest BCUT2D eigenvalue weighted by Gasteiger charge is -2.39. The van der Waals surface area contributed by atoms with Crippen molar-refractivity contribution in [1.29, 1.82) is 0 Å². The van der Waals surface area contributed by atoms with E-state index in [4.69, 9.17) is 21.1 Å². The average molecular weight is 465 g/mol. The topological polar surface area (TPSA) is 85.1 Å². The molecule has 0 spiro atoms. The van der Waals surface area contributed by atoms with E-state index in [0.717, 1.165) is 31.3 Å². The van der Waals surface area contributed by atoms with E-state index in [0.29, 0.717) is 43.9 Å². The zero-order valence-corrected chi connectivity index (χ0v) is 18.4. The van der Waals surface area contributed by atoms with Gasteiger partial charge in [-0.3, -0.25) is 10.1 Å². The molecule has 0 aromatic heterocycles. The van der Waals surface area contributed by atoms with Crippen LogP contribution in [0.25, 0.3) is 0 Å². The van der Waals surface area contributed by atoms with Gasteiger partial charge < -0.3 is 19.5 Å². The van der Waals surface area contributed by atoms with Gasteiger partial charge in [0.1, 0.15) is 5.82 Å². The van der Waals surface area contributed by atoms with E-state index < -0.39 is 22.1 Å². The van der Waals surface area contributed by atoms with Crippen LogP contribution in [0.5, 0.6) is 0 Å². The van der Waals surface area contributed by atoms with Gasteiger partial charge in [-0.2, -0.15) is 0 Å². The normalized spacial score (nSPS) is 20.3. The molecule has 1 N–H and O–H groups in total. The maximum absolute atomic E-state index is 13.6. The van der Waals surface area contributed by atoms with E-state index in [-0.39, 0.29) is 11.3 Å². The molecule has 0 aliphatic carbocycles. The Morgan fingerprint density at radius 2 is 1.78 bits per heavy atom.